The van der Waals surface area contributed by atoms with E-state index in [9.17, 15) is 13.2 Å². The summed E-state index contributed by atoms with van der Waals surface area (Å²) in [5.74, 6) is -0.0674. The summed E-state index contributed by atoms with van der Waals surface area (Å²) >= 11 is 0. The zero-order valence-corrected chi connectivity index (χ0v) is 14.2. The van der Waals surface area contributed by atoms with Crippen LogP contribution in [0.2, 0.25) is 0 Å². The fraction of sp³-hybridized carbons (Fsp3) is 0.235. The van der Waals surface area contributed by atoms with Crippen LogP contribution in [-0.2, 0) is 21.2 Å². The van der Waals surface area contributed by atoms with E-state index in [0.717, 1.165) is 9.87 Å². The Morgan fingerprint density at radius 2 is 1.96 bits per heavy atom. The fourth-order valence-corrected chi connectivity index (χ4v) is 4.74. The largest absolute Gasteiger partial charge is 0.496 e. The van der Waals surface area contributed by atoms with Gasteiger partial charge in [0.2, 0.25) is 5.91 Å². The number of carbonyl (C=O) groups excluding carboxylic acids is 1. The van der Waals surface area contributed by atoms with Gasteiger partial charge < -0.3 is 10.5 Å². The highest BCUT2D eigenvalue weighted by molar-refractivity contribution is 7.93. The predicted octanol–water partition coefficient (Wildman–Crippen LogP) is 1.61. The van der Waals surface area contributed by atoms with E-state index in [1.54, 1.807) is 31.2 Å². The van der Waals surface area contributed by atoms with Crippen LogP contribution >= 0.6 is 0 Å². The third-order valence-corrected chi connectivity index (χ3v) is 6.00. The lowest BCUT2D eigenvalue weighted by Crippen LogP contribution is -2.45. The molecule has 0 saturated heterocycles. The Labute approximate surface area is 140 Å². The van der Waals surface area contributed by atoms with Crippen molar-refractivity contribution in [3.05, 3.63) is 53.6 Å². The first kappa shape index (κ1) is 16.3. The molecule has 1 aliphatic rings. The van der Waals surface area contributed by atoms with Gasteiger partial charge in [0.1, 0.15) is 11.8 Å². The van der Waals surface area contributed by atoms with Gasteiger partial charge >= 0.3 is 0 Å². The molecule has 1 amide bonds. The summed E-state index contributed by atoms with van der Waals surface area (Å²) in [5, 5.41) is 0. The van der Waals surface area contributed by atoms with Gasteiger partial charge in [0.15, 0.2) is 0 Å². The third-order valence-electron chi connectivity index (χ3n) is 4.18. The minimum Gasteiger partial charge on any atom is -0.496 e. The Morgan fingerprint density at radius 1 is 1.25 bits per heavy atom. The van der Waals surface area contributed by atoms with Crippen LogP contribution in [0.3, 0.4) is 0 Å². The highest BCUT2D eigenvalue weighted by Crippen LogP contribution is 2.37. The van der Waals surface area contributed by atoms with Crippen molar-refractivity contribution < 1.29 is 17.9 Å². The summed E-state index contributed by atoms with van der Waals surface area (Å²) in [4.78, 5) is 11.9. The summed E-state index contributed by atoms with van der Waals surface area (Å²) in [6.07, 6.45) is 0.278. The average Bonchev–Trinajstić information content (AvgIpc) is 2.95. The number of ether oxygens (including phenoxy) is 1. The lowest BCUT2D eigenvalue weighted by molar-refractivity contribution is -0.118. The van der Waals surface area contributed by atoms with Gasteiger partial charge in [0.05, 0.1) is 17.7 Å². The molecule has 0 fully saturated rings. The zero-order chi connectivity index (χ0) is 17.5. The van der Waals surface area contributed by atoms with Crippen molar-refractivity contribution >= 4 is 21.6 Å². The number of primary amides is 1. The summed E-state index contributed by atoms with van der Waals surface area (Å²) in [6, 6.07) is 10.7. The van der Waals surface area contributed by atoms with E-state index in [-0.39, 0.29) is 11.3 Å². The molecule has 0 bridgehead atoms. The van der Waals surface area contributed by atoms with Gasteiger partial charge in [-0.15, -0.1) is 0 Å². The molecule has 24 heavy (non-hydrogen) atoms. The van der Waals surface area contributed by atoms with Crippen LogP contribution in [0.4, 0.5) is 5.69 Å². The Morgan fingerprint density at radius 3 is 2.58 bits per heavy atom. The third kappa shape index (κ3) is 2.50. The van der Waals surface area contributed by atoms with Crippen molar-refractivity contribution in [3.63, 3.8) is 0 Å². The van der Waals surface area contributed by atoms with Crippen molar-refractivity contribution in [1.29, 1.82) is 0 Å². The minimum absolute atomic E-state index is 0.101. The molecule has 0 radical (unpaired) electrons. The Bertz CT molecular complexity index is 909. The molecule has 1 heterocycles. The topological polar surface area (TPSA) is 89.7 Å². The van der Waals surface area contributed by atoms with Gasteiger partial charge in [0.25, 0.3) is 10.0 Å². The second-order valence-corrected chi connectivity index (χ2v) is 7.50. The van der Waals surface area contributed by atoms with Gasteiger partial charge in [-0.3, -0.25) is 9.10 Å². The number of rotatable bonds is 4. The quantitative estimate of drug-likeness (QED) is 0.911. The molecule has 2 aromatic rings. The second kappa shape index (κ2) is 5.83. The molecule has 0 aromatic heterocycles. The van der Waals surface area contributed by atoms with Crippen molar-refractivity contribution in [3.8, 4) is 5.75 Å². The monoisotopic (exact) mass is 346 g/mol. The van der Waals surface area contributed by atoms with Crippen LogP contribution in [0.1, 0.15) is 11.1 Å². The first-order valence-corrected chi connectivity index (χ1v) is 8.86. The molecule has 6 nitrogen and oxygen atoms in total. The van der Waals surface area contributed by atoms with E-state index in [1.807, 2.05) is 6.07 Å². The molecule has 0 unspecified atom stereocenters. The number of anilines is 1. The molecule has 0 spiro atoms. The van der Waals surface area contributed by atoms with Gasteiger partial charge in [-0.2, -0.15) is 0 Å². The first-order chi connectivity index (χ1) is 11.4. The highest BCUT2D eigenvalue weighted by atomic mass is 32.2. The number of hydrogen-bond donors (Lipinski definition) is 1. The van der Waals surface area contributed by atoms with Gasteiger partial charge in [-0.25, -0.2) is 8.42 Å². The standard InChI is InChI=1S/C17H18N2O4S/c1-11-9-13(7-8-16(11)23-2)24(21,22)19-14-6-4-3-5-12(14)10-15(19)17(18)20/h3-9,15H,10H2,1-2H3,(H2,18,20)/t15-/m0/s1. The molecule has 1 aliphatic heterocycles. The number of methoxy groups -OCH3 is 1. The number of nitrogens with zero attached hydrogens (tertiary/aromatic N) is 1. The van der Waals surface area contributed by atoms with Crippen LogP contribution in [0, 0.1) is 6.92 Å². The van der Waals surface area contributed by atoms with Crippen LogP contribution in [-0.4, -0.2) is 27.5 Å². The Hall–Kier alpha value is -2.54. The number of benzene rings is 2. The van der Waals surface area contributed by atoms with E-state index in [4.69, 9.17) is 10.5 Å². The zero-order valence-electron chi connectivity index (χ0n) is 13.4. The lowest BCUT2D eigenvalue weighted by atomic mass is 10.1. The molecule has 7 heteroatoms. The van der Waals surface area contributed by atoms with Crippen LogP contribution < -0.4 is 14.8 Å². The van der Waals surface area contributed by atoms with E-state index in [2.05, 4.69) is 0 Å². The number of hydrogen-bond acceptors (Lipinski definition) is 4. The Kier molecular flexibility index (Phi) is 3.96. The minimum atomic E-state index is -3.92. The van der Waals surface area contributed by atoms with Crippen molar-refractivity contribution in [2.75, 3.05) is 11.4 Å². The highest BCUT2D eigenvalue weighted by Gasteiger charge is 2.41. The summed E-state index contributed by atoms with van der Waals surface area (Å²) in [6.45, 7) is 1.77. The summed E-state index contributed by atoms with van der Waals surface area (Å²) in [5.41, 5.74) is 7.43. The number of sulfonamides is 1. The molecule has 1 atom stereocenters. The molecular weight excluding hydrogens is 328 g/mol. The number of amides is 1. The predicted molar refractivity (Wildman–Crippen MR) is 90.5 cm³/mol. The molecule has 0 saturated carbocycles. The Balaban J connectivity index is 2.14. The normalized spacial score (nSPS) is 16.8. The van der Waals surface area contributed by atoms with E-state index >= 15 is 0 Å². The molecular formula is C17H18N2O4S. The number of nitrogens with two attached hydrogens (primary N) is 1. The van der Waals surface area contributed by atoms with E-state index < -0.39 is 22.0 Å². The molecule has 0 aliphatic carbocycles. The van der Waals surface area contributed by atoms with E-state index in [0.29, 0.717) is 17.0 Å². The smallest absolute Gasteiger partial charge is 0.265 e. The van der Waals surface area contributed by atoms with Crippen LogP contribution in [0.15, 0.2) is 47.4 Å². The molecule has 3 rings (SSSR count). The van der Waals surface area contributed by atoms with Crippen molar-refractivity contribution in [1.82, 2.24) is 0 Å². The maximum absolute atomic E-state index is 13.1. The number of aryl methyl sites for hydroxylation is 1. The van der Waals surface area contributed by atoms with Crippen molar-refractivity contribution in [2.24, 2.45) is 5.73 Å². The summed E-state index contributed by atoms with van der Waals surface area (Å²) < 4.78 is 32.6. The lowest BCUT2D eigenvalue weighted by Gasteiger charge is -2.25. The van der Waals surface area contributed by atoms with Gasteiger partial charge in [0, 0.05) is 6.42 Å². The van der Waals surface area contributed by atoms with Crippen molar-refractivity contribution in [2.45, 2.75) is 24.3 Å². The molecule has 2 aromatic carbocycles. The SMILES string of the molecule is COc1ccc(S(=O)(=O)N2c3ccccc3C[C@H]2C(N)=O)cc1C. The van der Waals surface area contributed by atoms with Crippen LogP contribution in [0.25, 0.3) is 0 Å². The summed E-state index contributed by atoms with van der Waals surface area (Å²) in [7, 11) is -2.39. The molecule has 126 valence electrons. The van der Waals surface area contributed by atoms with Crippen LogP contribution in [0.5, 0.6) is 5.75 Å². The number of fused-ring (bicyclic) bond motifs is 1. The maximum Gasteiger partial charge on any atom is 0.265 e. The fourth-order valence-electron chi connectivity index (χ4n) is 3.00. The molecule has 2 N–H and O–H groups in total. The second-order valence-electron chi connectivity index (χ2n) is 5.68. The number of carbonyl (C=O) groups is 1. The maximum atomic E-state index is 13.1. The first-order valence-electron chi connectivity index (χ1n) is 7.42. The average molecular weight is 346 g/mol. The number of para-hydroxylation sites is 1. The van der Waals surface area contributed by atoms with E-state index in [1.165, 1.54) is 19.2 Å². The van der Waals surface area contributed by atoms with Gasteiger partial charge in [-0.1, -0.05) is 18.2 Å². The van der Waals surface area contributed by atoms with Gasteiger partial charge in [-0.05, 0) is 42.3 Å².